The van der Waals surface area contributed by atoms with Gasteiger partial charge in [-0.3, -0.25) is 4.79 Å². The Bertz CT molecular complexity index is 374. The molecule has 1 aromatic carbocycles. The summed E-state index contributed by atoms with van der Waals surface area (Å²) < 4.78 is 0. The number of amides is 1. The van der Waals surface area contributed by atoms with Crippen LogP contribution < -0.4 is 11.1 Å². The normalized spacial score (nSPS) is 13.9. The molecule has 2 atom stereocenters. The SMILES string of the molecule is CC[C@@H](CO)NC(=O)C(N)Cc1ccc(O)cc1. The monoisotopic (exact) mass is 252 g/mol. The summed E-state index contributed by atoms with van der Waals surface area (Å²) in [6.07, 6.45) is 1.06. The topological polar surface area (TPSA) is 95.6 Å². The number of phenols is 1. The van der Waals surface area contributed by atoms with E-state index in [-0.39, 0.29) is 24.3 Å². The van der Waals surface area contributed by atoms with Gasteiger partial charge < -0.3 is 21.3 Å². The lowest BCUT2D eigenvalue weighted by Gasteiger charge is -2.17. The Hall–Kier alpha value is -1.59. The fraction of sp³-hybridized carbons (Fsp3) is 0.462. The Labute approximate surface area is 107 Å². The van der Waals surface area contributed by atoms with Gasteiger partial charge in [0.05, 0.1) is 18.7 Å². The molecule has 0 aliphatic rings. The highest BCUT2D eigenvalue weighted by Gasteiger charge is 2.17. The van der Waals surface area contributed by atoms with E-state index < -0.39 is 6.04 Å². The van der Waals surface area contributed by atoms with Crippen LogP contribution in [-0.2, 0) is 11.2 Å². The number of benzene rings is 1. The van der Waals surface area contributed by atoms with Crippen LogP contribution in [0.2, 0.25) is 0 Å². The molecule has 18 heavy (non-hydrogen) atoms. The second-order valence-electron chi connectivity index (χ2n) is 4.27. The number of nitrogens with one attached hydrogen (secondary N) is 1. The molecular formula is C13H20N2O3. The Kier molecular flexibility index (Phi) is 5.61. The van der Waals surface area contributed by atoms with E-state index in [1.165, 1.54) is 0 Å². The third kappa shape index (κ3) is 4.35. The first kappa shape index (κ1) is 14.5. The summed E-state index contributed by atoms with van der Waals surface area (Å²) in [7, 11) is 0. The number of carbonyl (C=O) groups excluding carboxylic acids is 1. The zero-order chi connectivity index (χ0) is 13.5. The van der Waals surface area contributed by atoms with Gasteiger partial charge in [-0.2, -0.15) is 0 Å². The maximum Gasteiger partial charge on any atom is 0.237 e. The summed E-state index contributed by atoms with van der Waals surface area (Å²) in [6.45, 7) is 1.79. The number of carbonyl (C=O) groups is 1. The predicted octanol–water partition coefficient (Wildman–Crippen LogP) is 0.149. The second-order valence-corrected chi connectivity index (χ2v) is 4.27. The van der Waals surface area contributed by atoms with Crippen molar-refractivity contribution < 1.29 is 15.0 Å². The molecular weight excluding hydrogens is 232 g/mol. The average molecular weight is 252 g/mol. The lowest BCUT2D eigenvalue weighted by atomic mass is 10.1. The molecule has 5 N–H and O–H groups in total. The van der Waals surface area contributed by atoms with E-state index in [4.69, 9.17) is 15.9 Å². The van der Waals surface area contributed by atoms with Gasteiger partial charge in [0.25, 0.3) is 0 Å². The molecule has 1 unspecified atom stereocenters. The first-order valence-electron chi connectivity index (χ1n) is 6.01. The molecule has 0 radical (unpaired) electrons. The Morgan fingerprint density at radius 2 is 2.00 bits per heavy atom. The number of hydrogen-bond acceptors (Lipinski definition) is 4. The standard InChI is InChI=1S/C13H20N2O3/c1-2-10(8-16)15-13(18)12(14)7-9-3-5-11(17)6-4-9/h3-6,10,12,16-17H,2,7-8,14H2,1H3,(H,15,18)/t10-,12?/m0/s1. The number of phenolic OH excluding ortho intramolecular Hbond substituents is 1. The highest BCUT2D eigenvalue weighted by atomic mass is 16.3. The highest BCUT2D eigenvalue weighted by molar-refractivity contribution is 5.82. The summed E-state index contributed by atoms with van der Waals surface area (Å²) in [5.74, 6) is -0.0907. The fourth-order valence-electron chi connectivity index (χ4n) is 1.56. The van der Waals surface area contributed by atoms with Crippen molar-refractivity contribution >= 4 is 5.91 Å². The van der Waals surface area contributed by atoms with Crippen molar-refractivity contribution in [2.45, 2.75) is 31.8 Å². The molecule has 0 bridgehead atoms. The third-order valence-electron chi connectivity index (χ3n) is 2.79. The van der Waals surface area contributed by atoms with Crippen molar-refractivity contribution in [3.05, 3.63) is 29.8 Å². The minimum atomic E-state index is -0.657. The smallest absolute Gasteiger partial charge is 0.237 e. The Morgan fingerprint density at radius 1 is 1.39 bits per heavy atom. The first-order chi connectivity index (χ1) is 8.56. The van der Waals surface area contributed by atoms with Crippen LogP contribution in [0, 0.1) is 0 Å². The third-order valence-corrected chi connectivity index (χ3v) is 2.79. The number of aromatic hydroxyl groups is 1. The van der Waals surface area contributed by atoms with Gasteiger partial charge in [0.1, 0.15) is 5.75 Å². The van der Waals surface area contributed by atoms with Crippen molar-refractivity contribution in [3.8, 4) is 5.75 Å². The number of aliphatic hydroxyl groups is 1. The van der Waals surface area contributed by atoms with Crippen molar-refractivity contribution in [2.24, 2.45) is 5.73 Å². The molecule has 0 heterocycles. The minimum absolute atomic E-state index is 0.0891. The molecule has 5 nitrogen and oxygen atoms in total. The number of rotatable bonds is 6. The van der Waals surface area contributed by atoms with Crippen LogP contribution in [0.1, 0.15) is 18.9 Å². The molecule has 100 valence electrons. The van der Waals surface area contributed by atoms with Gasteiger partial charge in [0.2, 0.25) is 5.91 Å². The van der Waals surface area contributed by atoms with Gasteiger partial charge in [-0.05, 0) is 30.5 Å². The quantitative estimate of drug-likeness (QED) is 0.579. The lowest BCUT2D eigenvalue weighted by Crippen LogP contribution is -2.47. The van der Waals surface area contributed by atoms with Crippen LogP contribution in [0.4, 0.5) is 0 Å². The maximum atomic E-state index is 11.7. The van der Waals surface area contributed by atoms with Gasteiger partial charge in [-0.15, -0.1) is 0 Å². The summed E-state index contributed by atoms with van der Waals surface area (Å²) in [5, 5.41) is 20.8. The van der Waals surface area contributed by atoms with Gasteiger partial charge in [0.15, 0.2) is 0 Å². The minimum Gasteiger partial charge on any atom is -0.508 e. The van der Waals surface area contributed by atoms with Crippen LogP contribution in [0.15, 0.2) is 24.3 Å². The molecule has 0 aromatic heterocycles. The largest absolute Gasteiger partial charge is 0.508 e. The van der Waals surface area contributed by atoms with E-state index in [0.717, 1.165) is 5.56 Å². The number of hydrogen-bond donors (Lipinski definition) is 4. The lowest BCUT2D eigenvalue weighted by molar-refractivity contribution is -0.123. The molecule has 1 amide bonds. The van der Waals surface area contributed by atoms with Crippen LogP contribution in [0.5, 0.6) is 5.75 Å². The van der Waals surface area contributed by atoms with E-state index >= 15 is 0 Å². The Balaban J connectivity index is 2.51. The maximum absolute atomic E-state index is 11.7. The van der Waals surface area contributed by atoms with E-state index in [0.29, 0.717) is 12.8 Å². The van der Waals surface area contributed by atoms with Crippen LogP contribution >= 0.6 is 0 Å². The van der Waals surface area contributed by atoms with E-state index in [2.05, 4.69) is 5.32 Å². The van der Waals surface area contributed by atoms with Gasteiger partial charge in [-0.1, -0.05) is 19.1 Å². The van der Waals surface area contributed by atoms with Crippen LogP contribution in [0.25, 0.3) is 0 Å². The van der Waals surface area contributed by atoms with Gasteiger partial charge >= 0.3 is 0 Å². The molecule has 0 aliphatic heterocycles. The van der Waals surface area contributed by atoms with Crippen molar-refractivity contribution in [2.75, 3.05) is 6.61 Å². The van der Waals surface area contributed by atoms with E-state index in [1.54, 1.807) is 24.3 Å². The van der Waals surface area contributed by atoms with Crippen LogP contribution in [0.3, 0.4) is 0 Å². The molecule has 0 spiro atoms. The number of aliphatic hydroxyl groups excluding tert-OH is 1. The first-order valence-corrected chi connectivity index (χ1v) is 6.01. The summed E-state index contributed by atoms with van der Waals surface area (Å²) >= 11 is 0. The van der Waals surface area contributed by atoms with Gasteiger partial charge in [0, 0.05) is 0 Å². The second kappa shape index (κ2) is 6.98. The molecule has 0 saturated carbocycles. The van der Waals surface area contributed by atoms with E-state index in [1.807, 2.05) is 6.92 Å². The average Bonchev–Trinajstić information content (AvgIpc) is 2.38. The van der Waals surface area contributed by atoms with Crippen molar-refractivity contribution in [1.82, 2.24) is 5.32 Å². The van der Waals surface area contributed by atoms with Crippen molar-refractivity contribution in [3.63, 3.8) is 0 Å². The molecule has 0 aliphatic carbocycles. The van der Waals surface area contributed by atoms with Crippen LogP contribution in [-0.4, -0.2) is 34.8 Å². The van der Waals surface area contributed by atoms with E-state index in [9.17, 15) is 4.79 Å². The van der Waals surface area contributed by atoms with Crippen molar-refractivity contribution in [1.29, 1.82) is 0 Å². The summed E-state index contributed by atoms with van der Waals surface area (Å²) in [4.78, 5) is 11.7. The molecule has 0 fully saturated rings. The van der Waals surface area contributed by atoms with Gasteiger partial charge in [-0.25, -0.2) is 0 Å². The molecule has 1 aromatic rings. The molecule has 5 heteroatoms. The zero-order valence-corrected chi connectivity index (χ0v) is 10.5. The zero-order valence-electron chi connectivity index (χ0n) is 10.5. The summed E-state index contributed by atoms with van der Waals surface area (Å²) in [6, 6.07) is 5.67. The predicted molar refractivity (Wildman–Crippen MR) is 69.1 cm³/mol. The molecule has 1 rings (SSSR count). The highest BCUT2D eigenvalue weighted by Crippen LogP contribution is 2.10. The Morgan fingerprint density at radius 3 is 2.50 bits per heavy atom. The number of nitrogens with two attached hydrogens (primary N) is 1. The fourth-order valence-corrected chi connectivity index (χ4v) is 1.56. The summed E-state index contributed by atoms with van der Waals surface area (Å²) in [5.41, 5.74) is 6.67. The molecule has 0 saturated heterocycles.